The average Bonchev–Trinajstić information content (AvgIpc) is 2.07. The first-order valence-corrected chi connectivity index (χ1v) is 3.33. The Kier molecular flexibility index (Phi) is 3.06. The fraction of sp³-hybridized carbons (Fsp3) is 0.111. The first-order chi connectivity index (χ1) is 5.43. The Balaban J connectivity index is 2.45. The van der Waals surface area contributed by atoms with E-state index in [1.807, 2.05) is 30.3 Å². The number of methoxy groups -OCH3 is 1. The van der Waals surface area contributed by atoms with Crippen molar-refractivity contribution < 1.29 is 9.47 Å². The van der Waals surface area contributed by atoms with Crippen LogP contribution in [0.1, 0.15) is 0 Å². The summed E-state index contributed by atoms with van der Waals surface area (Å²) in [5.74, 6) is 0.806. The van der Waals surface area contributed by atoms with Gasteiger partial charge in [0, 0.05) is 0 Å². The van der Waals surface area contributed by atoms with Crippen molar-refractivity contribution in [1.82, 2.24) is 0 Å². The van der Waals surface area contributed by atoms with Gasteiger partial charge < -0.3 is 9.47 Å². The molecule has 58 valence electrons. The van der Waals surface area contributed by atoms with Crippen molar-refractivity contribution in [3.63, 3.8) is 0 Å². The molecule has 0 saturated heterocycles. The number of benzene rings is 1. The predicted octanol–water partition coefficient (Wildman–Crippen LogP) is 2.18. The van der Waals surface area contributed by atoms with E-state index in [0.717, 1.165) is 5.75 Å². The van der Waals surface area contributed by atoms with E-state index >= 15 is 0 Å². The summed E-state index contributed by atoms with van der Waals surface area (Å²) in [7, 11) is 1.57. The largest absolute Gasteiger partial charge is 0.501 e. The summed E-state index contributed by atoms with van der Waals surface area (Å²) in [6.07, 6.45) is 2.97. The molecule has 0 atom stereocenters. The van der Waals surface area contributed by atoms with Gasteiger partial charge in [-0.2, -0.15) is 0 Å². The molecule has 2 nitrogen and oxygen atoms in total. The molecule has 0 bridgehead atoms. The van der Waals surface area contributed by atoms with Gasteiger partial charge in [-0.3, -0.25) is 0 Å². The second kappa shape index (κ2) is 4.39. The molecule has 0 unspecified atom stereocenters. The Bertz CT molecular complexity index is 216. The molecule has 0 aliphatic carbocycles. The zero-order valence-electron chi connectivity index (χ0n) is 6.36. The molecule has 0 aromatic heterocycles. The van der Waals surface area contributed by atoms with E-state index in [0.29, 0.717) is 0 Å². The van der Waals surface area contributed by atoms with Crippen LogP contribution in [0.2, 0.25) is 0 Å². The third-order valence-corrected chi connectivity index (χ3v) is 1.14. The molecule has 2 heteroatoms. The Morgan fingerprint density at radius 1 is 1.09 bits per heavy atom. The Hall–Kier alpha value is -1.44. The SMILES string of the molecule is CO/C=C\Oc1ccccc1. The second-order valence-electron chi connectivity index (χ2n) is 1.94. The lowest BCUT2D eigenvalue weighted by molar-refractivity contribution is 0.319. The van der Waals surface area contributed by atoms with Crippen molar-refractivity contribution in [2.24, 2.45) is 0 Å². The first kappa shape index (κ1) is 7.66. The molecule has 11 heavy (non-hydrogen) atoms. The van der Waals surface area contributed by atoms with Gasteiger partial charge in [-0.1, -0.05) is 18.2 Å². The van der Waals surface area contributed by atoms with Crippen molar-refractivity contribution in [3.8, 4) is 5.75 Å². The highest BCUT2D eigenvalue weighted by molar-refractivity contribution is 5.21. The first-order valence-electron chi connectivity index (χ1n) is 3.33. The van der Waals surface area contributed by atoms with Crippen LogP contribution in [0.25, 0.3) is 0 Å². The molecular formula is C9H10O2. The molecule has 0 aliphatic heterocycles. The van der Waals surface area contributed by atoms with E-state index in [1.54, 1.807) is 7.11 Å². The van der Waals surface area contributed by atoms with E-state index in [9.17, 15) is 0 Å². The van der Waals surface area contributed by atoms with Gasteiger partial charge in [0.1, 0.15) is 18.3 Å². The maximum atomic E-state index is 5.14. The monoisotopic (exact) mass is 150 g/mol. The molecule has 0 heterocycles. The molecule has 0 saturated carbocycles. The number of rotatable bonds is 3. The second-order valence-corrected chi connectivity index (χ2v) is 1.94. The van der Waals surface area contributed by atoms with Crippen LogP contribution >= 0.6 is 0 Å². The topological polar surface area (TPSA) is 18.5 Å². The number of hydrogen-bond donors (Lipinski definition) is 0. The third kappa shape index (κ3) is 2.76. The van der Waals surface area contributed by atoms with Crippen molar-refractivity contribution in [2.75, 3.05) is 7.11 Å². The number of hydrogen-bond acceptors (Lipinski definition) is 2. The summed E-state index contributed by atoms with van der Waals surface area (Å²) in [5, 5.41) is 0. The van der Waals surface area contributed by atoms with Gasteiger partial charge in [-0.15, -0.1) is 0 Å². The minimum Gasteiger partial charge on any atom is -0.501 e. The average molecular weight is 150 g/mol. The fourth-order valence-corrected chi connectivity index (χ4v) is 0.661. The summed E-state index contributed by atoms with van der Waals surface area (Å²) >= 11 is 0. The lowest BCUT2D eigenvalue weighted by Gasteiger charge is -1.96. The van der Waals surface area contributed by atoms with Gasteiger partial charge in [0.25, 0.3) is 0 Å². The molecule has 0 N–H and O–H groups in total. The summed E-state index contributed by atoms with van der Waals surface area (Å²) < 4.78 is 9.80. The highest BCUT2D eigenvalue weighted by Gasteiger charge is 1.84. The quantitative estimate of drug-likeness (QED) is 0.615. The van der Waals surface area contributed by atoms with Crippen molar-refractivity contribution >= 4 is 0 Å². The van der Waals surface area contributed by atoms with E-state index in [-0.39, 0.29) is 0 Å². The summed E-state index contributed by atoms with van der Waals surface area (Å²) in [5.41, 5.74) is 0. The van der Waals surface area contributed by atoms with Gasteiger partial charge in [-0.25, -0.2) is 0 Å². The van der Waals surface area contributed by atoms with Crippen LogP contribution in [0, 0.1) is 0 Å². The Labute approximate surface area is 66.1 Å². The minimum absolute atomic E-state index is 0.806. The van der Waals surface area contributed by atoms with Gasteiger partial charge in [0.2, 0.25) is 0 Å². The van der Waals surface area contributed by atoms with Crippen molar-refractivity contribution in [1.29, 1.82) is 0 Å². The van der Waals surface area contributed by atoms with Crippen LogP contribution in [0.15, 0.2) is 42.9 Å². The van der Waals surface area contributed by atoms with E-state index < -0.39 is 0 Å². The standard InChI is InChI=1S/C9H10O2/c1-10-7-8-11-9-5-3-2-4-6-9/h2-8H,1H3/b8-7-. The molecule has 0 radical (unpaired) electrons. The molecular weight excluding hydrogens is 140 g/mol. The zero-order chi connectivity index (χ0) is 7.94. The zero-order valence-corrected chi connectivity index (χ0v) is 6.36. The van der Waals surface area contributed by atoms with E-state index in [2.05, 4.69) is 4.74 Å². The van der Waals surface area contributed by atoms with Crippen LogP contribution in [-0.4, -0.2) is 7.11 Å². The molecule has 0 spiro atoms. The molecule has 1 aromatic rings. The van der Waals surface area contributed by atoms with Gasteiger partial charge in [0.15, 0.2) is 0 Å². The third-order valence-electron chi connectivity index (χ3n) is 1.14. The molecule has 0 fully saturated rings. The van der Waals surface area contributed by atoms with Gasteiger partial charge in [0.05, 0.1) is 7.11 Å². The Morgan fingerprint density at radius 2 is 1.82 bits per heavy atom. The molecule has 0 amide bonds. The fourth-order valence-electron chi connectivity index (χ4n) is 0.661. The number of para-hydroxylation sites is 1. The molecule has 0 aliphatic rings. The smallest absolute Gasteiger partial charge is 0.126 e. The molecule has 1 aromatic carbocycles. The summed E-state index contributed by atoms with van der Waals surface area (Å²) in [6, 6.07) is 9.51. The van der Waals surface area contributed by atoms with Crippen LogP contribution in [-0.2, 0) is 4.74 Å². The van der Waals surface area contributed by atoms with Crippen molar-refractivity contribution in [3.05, 3.63) is 42.9 Å². The van der Waals surface area contributed by atoms with Crippen LogP contribution in [0.5, 0.6) is 5.75 Å². The normalized spacial score (nSPS) is 9.91. The summed E-state index contributed by atoms with van der Waals surface area (Å²) in [6.45, 7) is 0. The maximum Gasteiger partial charge on any atom is 0.126 e. The van der Waals surface area contributed by atoms with Crippen LogP contribution in [0.4, 0.5) is 0 Å². The van der Waals surface area contributed by atoms with E-state index in [1.165, 1.54) is 12.5 Å². The molecule has 1 rings (SSSR count). The van der Waals surface area contributed by atoms with Crippen LogP contribution in [0.3, 0.4) is 0 Å². The number of ether oxygens (including phenoxy) is 2. The Morgan fingerprint density at radius 3 is 2.45 bits per heavy atom. The van der Waals surface area contributed by atoms with Crippen molar-refractivity contribution in [2.45, 2.75) is 0 Å². The van der Waals surface area contributed by atoms with Gasteiger partial charge >= 0.3 is 0 Å². The van der Waals surface area contributed by atoms with Crippen LogP contribution < -0.4 is 4.74 Å². The lowest BCUT2D eigenvalue weighted by atomic mass is 10.3. The maximum absolute atomic E-state index is 5.14. The lowest BCUT2D eigenvalue weighted by Crippen LogP contribution is -1.80. The minimum atomic E-state index is 0.806. The predicted molar refractivity (Wildman–Crippen MR) is 43.2 cm³/mol. The highest BCUT2D eigenvalue weighted by Crippen LogP contribution is 2.07. The van der Waals surface area contributed by atoms with Gasteiger partial charge in [-0.05, 0) is 12.1 Å². The van der Waals surface area contributed by atoms with E-state index in [4.69, 9.17) is 4.74 Å². The summed E-state index contributed by atoms with van der Waals surface area (Å²) in [4.78, 5) is 0. The highest BCUT2D eigenvalue weighted by atomic mass is 16.5.